The summed E-state index contributed by atoms with van der Waals surface area (Å²) >= 11 is 2.25. The van der Waals surface area contributed by atoms with Crippen LogP contribution in [0.5, 0.6) is 11.5 Å². The first kappa shape index (κ1) is 21.9. The number of nitro benzene ring substituents is 1. The summed E-state index contributed by atoms with van der Waals surface area (Å²) < 4.78 is 12.8. The van der Waals surface area contributed by atoms with Crippen LogP contribution in [0.2, 0.25) is 0 Å². The SMILES string of the molecule is CCOc1cc(CNc2cccc([N+](=O)[O-])c2)cc(I)c1OCc1ccc(C)cc1. The van der Waals surface area contributed by atoms with E-state index in [2.05, 4.69) is 59.1 Å². The smallest absolute Gasteiger partial charge is 0.271 e. The van der Waals surface area contributed by atoms with Crippen molar-refractivity contribution in [1.82, 2.24) is 0 Å². The number of non-ortho nitro benzene ring substituents is 1. The van der Waals surface area contributed by atoms with E-state index in [1.807, 2.05) is 19.1 Å². The van der Waals surface area contributed by atoms with Crippen LogP contribution in [0, 0.1) is 20.6 Å². The number of nitro groups is 1. The summed E-state index contributed by atoms with van der Waals surface area (Å²) in [7, 11) is 0. The van der Waals surface area contributed by atoms with E-state index >= 15 is 0 Å². The summed E-state index contributed by atoms with van der Waals surface area (Å²) in [5.74, 6) is 1.41. The normalized spacial score (nSPS) is 10.5. The Hall–Kier alpha value is -2.81. The predicted octanol–water partition coefficient (Wildman–Crippen LogP) is 6.10. The van der Waals surface area contributed by atoms with Crippen molar-refractivity contribution in [1.29, 1.82) is 0 Å². The van der Waals surface area contributed by atoms with Gasteiger partial charge in [0.2, 0.25) is 0 Å². The summed E-state index contributed by atoms with van der Waals surface area (Å²) in [6.45, 7) is 5.49. The van der Waals surface area contributed by atoms with E-state index in [0.717, 1.165) is 20.4 Å². The molecule has 0 spiro atoms. The van der Waals surface area contributed by atoms with Crippen molar-refractivity contribution >= 4 is 34.0 Å². The molecule has 0 aromatic heterocycles. The van der Waals surface area contributed by atoms with Gasteiger partial charge >= 0.3 is 0 Å². The van der Waals surface area contributed by atoms with E-state index in [0.29, 0.717) is 31.2 Å². The quantitative estimate of drug-likeness (QED) is 0.211. The molecule has 7 heteroatoms. The van der Waals surface area contributed by atoms with Gasteiger partial charge in [-0.15, -0.1) is 0 Å². The van der Waals surface area contributed by atoms with Crippen LogP contribution in [0.15, 0.2) is 60.7 Å². The predicted molar refractivity (Wildman–Crippen MR) is 126 cm³/mol. The molecule has 3 aromatic rings. The first-order valence-corrected chi connectivity index (χ1v) is 10.7. The molecule has 3 aromatic carbocycles. The van der Waals surface area contributed by atoms with Gasteiger partial charge in [0.25, 0.3) is 5.69 Å². The zero-order valence-corrected chi connectivity index (χ0v) is 19.0. The Kier molecular flexibility index (Phi) is 7.51. The number of nitrogens with one attached hydrogen (secondary N) is 1. The number of rotatable bonds is 9. The monoisotopic (exact) mass is 518 g/mol. The minimum Gasteiger partial charge on any atom is -0.490 e. The van der Waals surface area contributed by atoms with Crippen molar-refractivity contribution in [3.05, 3.63) is 91.0 Å². The molecule has 0 bridgehead atoms. The third-order valence-electron chi connectivity index (χ3n) is 4.43. The molecule has 0 radical (unpaired) electrons. The maximum atomic E-state index is 11.0. The molecular weight excluding hydrogens is 495 g/mol. The molecule has 0 atom stereocenters. The lowest BCUT2D eigenvalue weighted by Crippen LogP contribution is -2.05. The van der Waals surface area contributed by atoms with Gasteiger partial charge in [-0.05, 0) is 65.8 Å². The van der Waals surface area contributed by atoms with Crippen LogP contribution >= 0.6 is 22.6 Å². The van der Waals surface area contributed by atoms with Gasteiger partial charge in [-0.25, -0.2) is 0 Å². The van der Waals surface area contributed by atoms with Gasteiger partial charge in [-0.3, -0.25) is 10.1 Å². The molecule has 0 unspecified atom stereocenters. The molecule has 30 heavy (non-hydrogen) atoms. The van der Waals surface area contributed by atoms with Gasteiger partial charge in [0.15, 0.2) is 11.5 Å². The lowest BCUT2D eigenvalue weighted by molar-refractivity contribution is -0.384. The average molecular weight is 518 g/mol. The highest BCUT2D eigenvalue weighted by atomic mass is 127. The van der Waals surface area contributed by atoms with Gasteiger partial charge < -0.3 is 14.8 Å². The topological polar surface area (TPSA) is 73.6 Å². The molecule has 0 aliphatic heterocycles. The fraction of sp³-hybridized carbons (Fsp3) is 0.217. The minimum atomic E-state index is -0.401. The van der Waals surface area contributed by atoms with E-state index in [9.17, 15) is 10.1 Å². The van der Waals surface area contributed by atoms with Crippen LogP contribution in [0.1, 0.15) is 23.6 Å². The van der Waals surface area contributed by atoms with Crippen LogP contribution in [0.3, 0.4) is 0 Å². The maximum absolute atomic E-state index is 11.0. The van der Waals surface area contributed by atoms with Gasteiger partial charge in [0.05, 0.1) is 15.1 Å². The molecule has 3 rings (SSSR count). The molecular formula is C23H23IN2O4. The number of ether oxygens (including phenoxy) is 2. The molecule has 0 aliphatic rings. The van der Waals surface area contributed by atoms with Crippen LogP contribution in [-0.2, 0) is 13.2 Å². The number of aryl methyl sites for hydroxylation is 1. The van der Waals surface area contributed by atoms with Crippen molar-refractivity contribution in [3.63, 3.8) is 0 Å². The number of hydrogen-bond donors (Lipinski definition) is 1. The number of nitrogens with zero attached hydrogens (tertiary/aromatic N) is 1. The highest BCUT2D eigenvalue weighted by Crippen LogP contribution is 2.35. The summed E-state index contributed by atoms with van der Waals surface area (Å²) in [4.78, 5) is 10.6. The molecule has 0 aliphatic carbocycles. The van der Waals surface area contributed by atoms with E-state index in [4.69, 9.17) is 9.47 Å². The van der Waals surface area contributed by atoms with Crippen LogP contribution < -0.4 is 14.8 Å². The molecule has 156 valence electrons. The minimum absolute atomic E-state index is 0.0597. The van der Waals surface area contributed by atoms with Crippen molar-refractivity contribution < 1.29 is 14.4 Å². The third-order valence-corrected chi connectivity index (χ3v) is 5.23. The zero-order chi connectivity index (χ0) is 21.5. The van der Waals surface area contributed by atoms with Crippen LogP contribution in [-0.4, -0.2) is 11.5 Å². The van der Waals surface area contributed by atoms with E-state index in [-0.39, 0.29) is 5.69 Å². The summed E-state index contributed by atoms with van der Waals surface area (Å²) in [5.41, 5.74) is 4.05. The summed E-state index contributed by atoms with van der Waals surface area (Å²) in [6, 6.07) is 18.7. The second kappa shape index (κ2) is 10.3. The average Bonchev–Trinajstić information content (AvgIpc) is 2.73. The van der Waals surface area contributed by atoms with Crippen molar-refractivity contribution in [3.8, 4) is 11.5 Å². The van der Waals surface area contributed by atoms with Crippen LogP contribution in [0.4, 0.5) is 11.4 Å². The van der Waals surface area contributed by atoms with Crippen molar-refractivity contribution in [2.24, 2.45) is 0 Å². The van der Waals surface area contributed by atoms with Gasteiger partial charge in [0, 0.05) is 24.4 Å². The Morgan fingerprint density at radius 2 is 1.80 bits per heavy atom. The lowest BCUT2D eigenvalue weighted by Gasteiger charge is -2.16. The largest absolute Gasteiger partial charge is 0.490 e. The first-order chi connectivity index (χ1) is 14.5. The fourth-order valence-corrected chi connectivity index (χ4v) is 3.72. The summed E-state index contributed by atoms with van der Waals surface area (Å²) in [6.07, 6.45) is 0. The molecule has 0 saturated carbocycles. The lowest BCUT2D eigenvalue weighted by atomic mass is 10.1. The number of halogens is 1. The van der Waals surface area contributed by atoms with Crippen molar-refractivity contribution in [2.75, 3.05) is 11.9 Å². The zero-order valence-electron chi connectivity index (χ0n) is 16.9. The Balaban J connectivity index is 1.74. The number of hydrogen-bond acceptors (Lipinski definition) is 5. The summed E-state index contributed by atoms with van der Waals surface area (Å²) in [5, 5.41) is 14.2. The van der Waals surface area contributed by atoms with Gasteiger partial charge in [0.1, 0.15) is 6.61 Å². The second-order valence-electron chi connectivity index (χ2n) is 6.77. The Labute approximate surface area is 189 Å². The molecule has 0 saturated heterocycles. The van der Waals surface area contributed by atoms with E-state index in [1.54, 1.807) is 12.1 Å². The third kappa shape index (κ3) is 5.85. The highest BCUT2D eigenvalue weighted by Gasteiger charge is 2.13. The molecule has 6 nitrogen and oxygen atoms in total. The second-order valence-corrected chi connectivity index (χ2v) is 7.94. The van der Waals surface area contributed by atoms with Gasteiger partial charge in [-0.1, -0.05) is 35.9 Å². The molecule has 0 heterocycles. The highest BCUT2D eigenvalue weighted by molar-refractivity contribution is 14.1. The van der Waals surface area contributed by atoms with E-state index in [1.165, 1.54) is 17.7 Å². The Morgan fingerprint density at radius 3 is 2.50 bits per heavy atom. The van der Waals surface area contributed by atoms with E-state index < -0.39 is 4.92 Å². The number of benzene rings is 3. The standard InChI is InChI=1S/C23H23IN2O4/c1-3-29-22-12-18(14-25-19-5-4-6-20(13-19)26(27)28)11-21(24)23(22)30-15-17-9-7-16(2)8-10-17/h4-13,25H,3,14-15H2,1-2H3. The number of anilines is 1. The van der Waals surface area contributed by atoms with Crippen LogP contribution in [0.25, 0.3) is 0 Å². The maximum Gasteiger partial charge on any atom is 0.271 e. The Morgan fingerprint density at radius 1 is 1.03 bits per heavy atom. The molecule has 0 fully saturated rings. The fourth-order valence-electron chi connectivity index (χ4n) is 2.90. The Bertz CT molecular complexity index is 1020. The van der Waals surface area contributed by atoms with Crippen molar-refractivity contribution in [2.45, 2.75) is 27.0 Å². The molecule has 1 N–H and O–H groups in total. The first-order valence-electron chi connectivity index (χ1n) is 9.58. The molecule has 0 amide bonds. The van der Waals surface area contributed by atoms with Gasteiger partial charge in [-0.2, -0.15) is 0 Å².